The quantitative estimate of drug-likeness (QED) is 0.488. The summed E-state index contributed by atoms with van der Waals surface area (Å²) in [5.41, 5.74) is 3.14. The Morgan fingerprint density at radius 3 is 2.71 bits per heavy atom. The normalized spacial score (nSPS) is 21.4. The molecule has 1 amide bonds. The molecule has 8 nitrogen and oxygen atoms in total. The maximum Gasteiger partial charge on any atom is 0.318 e. The number of amides is 1. The summed E-state index contributed by atoms with van der Waals surface area (Å²) in [4.78, 5) is 29.0. The lowest BCUT2D eigenvalue weighted by Gasteiger charge is -2.43. The number of phenolic OH excluding ortho intramolecular Hbond substituents is 1. The van der Waals surface area contributed by atoms with Gasteiger partial charge in [0.15, 0.2) is 0 Å². The summed E-state index contributed by atoms with van der Waals surface area (Å²) >= 11 is 0. The number of piperazine rings is 1. The number of benzene rings is 2. The largest absolute Gasteiger partial charge is 0.508 e. The van der Waals surface area contributed by atoms with E-state index in [4.69, 9.17) is 14.7 Å². The van der Waals surface area contributed by atoms with Crippen LogP contribution in [0.5, 0.6) is 11.8 Å². The molecule has 0 aliphatic carbocycles. The molecule has 0 radical (unpaired) electrons. The fraction of sp³-hybridized carbons (Fsp3) is 0.433. The lowest BCUT2D eigenvalue weighted by molar-refractivity contribution is -0.126. The molecule has 1 aromatic heterocycles. The van der Waals surface area contributed by atoms with Crippen LogP contribution in [0.1, 0.15) is 44.4 Å². The van der Waals surface area contributed by atoms with Gasteiger partial charge in [-0.25, -0.2) is 0 Å². The Morgan fingerprint density at radius 1 is 1.21 bits per heavy atom. The van der Waals surface area contributed by atoms with Crippen molar-refractivity contribution in [1.29, 1.82) is 0 Å². The van der Waals surface area contributed by atoms with Crippen LogP contribution in [0, 0.1) is 0 Å². The van der Waals surface area contributed by atoms with E-state index in [9.17, 15) is 9.90 Å². The minimum Gasteiger partial charge on any atom is -0.508 e. The van der Waals surface area contributed by atoms with Crippen LogP contribution in [0.25, 0.3) is 10.8 Å². The highest BCUT2D eigenvalue weighted by Gasteiger charge is 2.43. The van der Waals surface area contributed by atoms with Gasteiger partial charge in [-0.15, -0.1) is 0 Å². The van der Waals surface area contributed by atoms with Crippen molar-refractivity contribution in [1.82, 2.24) is 14.9 Å². The number of hydrogen-bond donors (Lipinski definition) is 1. The summed E-state index contributed by atoms with van der Waals surface area (Å²) in [7, 11) is 0. The molecule has 1 N–H and O–H groups in total. The smallest absolute Gasteiger partial charge is 0.318 e. The molecule has 3 unspecified atom stereocenters. The van der Waals surface area contributed by atoms with Crippen LogP contribution in [0.2, 0.25) is 0 Å². The second kappa shape index (κ2) is 9.82. The third kappa shape index (κ3) is 4.31. The SMILES string of the molecule is C=CC(=O)N1CC2CCC(C1)N2c1nc(OC(C)CC)nc2c1CCN(c1cc(O)cc3ccccc13)C2. The van der Waals surface area contributed by atoms with Gasteiger partial charge in [-0.3, -0.25) is 4.79 Å². The number of aromatic hydroxyl groups is 1. The molecule has 0 saturated carbocycles. The highest BCUT2D eigenvalue weighted by atomic mass is 16.5. The van der Waals surface area contributed by atoms with E-state index in [1.165, 1.54) is 11.6 Å². The van der Waals surface area contributed by atoms with Crippen molar-refractivity contribution in [2.75, 3.05) is 29.4 Å². The van der Waals surface area contributed by atoms with Crippen molar-refractivity contribution >= 4 is 28.2 Å². The van der Waals surface area contributed by atoms with Crippen molar-refractivity contribution in [2.45, 2.75) is 64.3 Å². The van der Waals surface area contributed by atoms with E-state index >= 15 is 0 Å². The zero-order valence-electron chi connectivity index (χ0n) is 22.1. The summed E-state index contributed by atoms with van der Waals surface area (Å²) in [6, 6.07) is 12.7. The molecule has 3 aliphatic heterocycles. The first kappa shape index (κ1) is 24.5. The number of aromatic nitrogens is 2. The molecule has 4 heterocycles. The molecule has 2 bridgehead atoms. The van der Waals surface area contributed by atoms with Crippen molar-refractivity contribution in [2.24, 2.45) is 0 Å². The first-order valence-electron chi connectivity index (χ1n) is 13.7. The van der Waals surface area contributed by atoms with E-state index in [2.05, 4.69) is 29.4 Å². The summed E-state index contributed by atoms with van der Waals surface area (Å²) in [5, 5.41) is 12.6. The molecule has 3 atom stereocenters. The van der Waals surface area contributed by atoms with Gasteiger partial charge in [0.1, 0.15) is 11.6 Å². The first-order chi connectivity index (χ1) is 18.4. The molecule has 6 rings (SSSR count). The maximum atomic E-state index is 12.4. The number of ether oxygens (including phenoxy) is 1. The first-order valence-corrected chi connectivity index (χ1v) is 13.7. The third-order valence-corrected chi connectivity index (χ3v) is 8.28. The lowest BCUT2D eigenvalue weighted by Crippen LogP contribution is -2.56. The van der Waals surface area contributed by atoms with Crippen LogP contribution in [0.3, 0.4) is 0 Å². The van der Waals surface area contributed by atoms with Gasteiger partial charge >= 0.3 is 6.01 Å². The van der Waals surface area contributed by atoms with Crippen LogP contribution < -0.4 is 14.5 Å². The zero-order valence-corrected chi connectivity index (χ0v) is 22.1. The van der Waals surface area contributed by atoms with Gasteiger partial charge in [0, 0.05) is 54.4 Å². The van der Waals surface area contributed by atoms with Crippen molar-refractivity contribution in [3.05, 3.63) is 60.3 Å². The lowest BCUT2D eigenvalue weighted by atomic mass is 10.0. The van der Waals surface area contributed by atoms with E-state index in [1.54, 1.807) is 0 Å². The summed E-state index contributed by atoms with van der Waals surface area (Å²) in [6.45, 7) is 10.6. The van der Waals surface area contributed by atoms with Crippen LogP contribution in [-0.2, 0) is 17.8 Å². The predicted octanol–water partition coefficient (Wildman–Crippen LogP) is 4.44. The minimum atomic E-state index is 0.000964. The van der Waals surface area contributed by atoms with Crippen molar-refractivity contribution in [3.8, 4) is 11.8 Å². The highest BCUT2D eigenvalue weighted by Crippen LogP contribution is 2.40. The number of phenols is 1. The molecule has 2 saturated heterocycles. The maximum absolute atomic E-state index is 12.4. The second-order valence-electron chi connectivity index (χ2n) is 10.7. The second-order valence-corrected chi connectivity index (χ2v) is 10.7. The Morgan fingerprint density at radius 2 is 1.97 bits per heavy atom. The Kier molecular flexibility index (Phi) is 6.33. The molecular weight excluding hydrogens is 478 g/mol. The Labute approximate surface area is 223 Å². The molecule has 3 aromatic rings. The molecule has 3 aliphatic rings. The van der Waals surface area contributed by atoms with E-state index in [0.29, 0.717) is 25.6 Å². The number of anilines is 2. The average molecular weight is 514 g/mol. The summed E-state index contributed by atoms with van der Waals surface area (Å²) in [5.74, 6) is 1.23. The van der Waals surface area contributed by atoms with Crippen LogP contribution in [0.15, 0.2) is 49.1 Å². The van der Waals surface area contributed by atoms with Gasteiger partial charge in [-0.05, 0) is 50.1 Å². The Balaban J connectivity index is 1.38. The topological polar surface area (TPSA) is 82.0 Å². The zero-order chi connectivity index (χ0) is 26.4. The van der Waals surface area contributed by atoms with Crippen LogP contribution >= 0.6 is 0 Å². The highest BCUT2D eigenvalue weighted by molar-refractivity contribution is 5.95. The fourth-order valence-electron chi connectivity index (χ4n) is 6.22. The number of carbonyl (C=O) groups excluding carboxylic acids is 1. The number of nitrogens with zero attached hydrogens (tertiary/aromatic N) is 5. The number of rotatable bonds is 6. The average Bonchev–Trinajstić information content (AvgIpc) is 3.19. The van der Waals surface area contributed by atoms with E-state index < -0.39 is 0 Å². The minimum absolute atomic E-state index is 0.000964. The number of fused-ring (bicyclic) bond motifs is 4. The van der Waals surface area contributed by atoms with Gasteiger partial charge in [0.05, 0.1) is 18.3 Å². The van der Waals surface area contributed by atoms with E-state index in [1.807, 2.05) is 42.2 Å². The Hall–Kier alpha value is -3.81. The molecule has 0 spiro atoms. The number of likely N-dealkylation sites (tertiary alicyclic amines) is 1. The molecule has 198 valence electrons. The van der Waals surface area contributed by atoms with Gasteiger partial charge in [-0.2, -0.15) is 9.97 Å². The van der Waals surface area contributed by atoms with Gasteiger partial charge < -0.3 is 24.5 Å². The van der Waals surface area contributed by atoms with Crippen LogP contribution in [-0.4, -0.2) is 63.7 Å². The molecule has 8 heteroatoms. The Bertz CT molecular complexity index is 1380. The molecular formula is C30H35N5O3. The molecule has 38 heavy (non-hydrogen) atoms. The van der Waals surface area contributed by atoms with Gasteiger partial charge in [-0.1, -0.05) is 37.8 Å². The number of hydrogen-bond acceptors (Lipinski definition) is 7. The van der Waals surface area contributed by atoms with Crippen molar-refractivity contribution in [3.63, 3.8) is 0 Å². The summed E-state index contributed by atoms with van der Waals surface area (Å²) < 4.78 is 6.17. The monoisotopic (exact) mass is 513 g/mol. The van der Waals surface area contributed by atoms with Gasteiger partial charge in [0.2, 0.25) is 5.91 Å². The summed E-state index contributed by atoms with van der Waals surface area (Å²) in [6.07, 6.45) is 5.16. The molecule has 2 fully saturated rings. The van der Waals surface area contributed by atoms with Crippen molar-refractivity contribution < 1.29 is 14.6 Å². The van der Waals surface area contributed by atoms with Crippen LogP contribution in [0.4, 0.5) is 11.5 Å². The van der Waals surface area contributed by atoms with E-state index in [0.717, 1.165) is 60.2 Å². The predicted molar refractivity (Wildman–Crippen MR) is 149 cm³/mol. The number of carbonyl (C=O) groups is 1. The molecule has 2 aromatic carbocycles. The van der Waals surface area contributed by atoms with Gasteiger partial charge in [0.25, 0.3) is 0 Å². The third-order valence-electron chi connectivity index (χ3n) is 8.28. The fourth-order valence-corrected chi connectivity index (χ4v) is 6.22. The standard InChI is InChI=1S/C30H35N5O3/c1-4-19(3)38-30-31-26-18-33(27-15-23(36)14-20-8-6-7-9-24(20)27)13-12-25(26)29(32-30)35-21-10-11-22(35)17-34(16-21)28(37)5-2/h5-9,14-15,19,21-22,36H,2,4,10-13,16-18H2,1,3H3. The van der Waals surface area contributed by atoms with E-state index in [-0.39, 0.29) is 29.8 Å².